The monoisotopic (exact) mass is 539 g/mol. The van der Waals surface area contributed by atoms with Gasteiger partial charge in [-0.05, 0) is 50.5 Å². The van der Waals surface area contributed by atoms with Crippen LogP contribution in [0.4, 0.5) is 0 Å². The predicted molar refractivity (Wildman–Crippen MR) is 137 cm³/mol. The van der Waals surface area contributed by atoms with Gasteiger partial charge in [0.05, 0.1) is 6.04 Å². The smallest absolute Gasteiger partial charge is 0.239 e. The lowest BCUT2D eigenvalue weighted by atomic mass is 10.1. The van der Waals surface area contributed by atoms with E-state index in [0.29, 0.717) is 17.7 Å². The predicted octanol–water partition coefficient (Wildman–Crippen LogP) is 3.00. The second-order valence-corrected chi connectivity index (χ2v) is 8.94. The van der Waals surface area contributed by atoms with Gasteiger partial charge in [-0.15, -0.1) is 24.0 Å². The van der Waals surface area contributed by atoms with Crippen LogP contribution in [0.15, 0.2) is 35.3 Å². The maximum atomic E-state index is 12.7. The van der Waals surface area contributed by atoms with Crippen LogP contribution in [0.25, 0.3) is 0 Å². The number of amides is 1. The summed E-state index contributed by atoms with van der Waals surface area (Å²) in [5, 5.41) is 3.48. The van der Waals surface area contributed by atoms with Crippen LogP contribution in [-0.2, 0) is 4.79 Å². The third-order valence-corrected chi connectivity index (χ3v) is 6.90. The van der Waals surface area contributed by atoms with Crippen molar-refractivity contribution in [2.45, 2.75) is 45.1 Å². The molecule has 1 aromatic carbocycles. The van der Waals surface area contributed by atoms with Crippen molar-refractivity contribution in [3.8, 4) is 0 Å². The molecule has 0 radical (unpaired) electrons. The molecule has 0 aromatic heterocycles. The Bertz CT molecular complexity index is 729. The number of carbonyl (C=O) groups is 1. The molecular formula is C24H38IN5O. The molecule has 4 rings (SSSR count). The molecule has 3 fully saturated rings. The Morgan fingerprint density at radius 1 is 1.06 bits per heavy atom. The zero-order valence-electron chi connectivity index (χ0n) is 19.0. The van der Waals surface area contributed by atoms with Crippen molar-refractivity contribution in [3.63, 3.8) is 0 Å². The second-order valence-electron chi connectivity index (χ2n) is 8.94. The van der Waals surface area contributed by atoms with Crippen molar-refractivity contribution in [1.29, 1.82) is 0 Å². The number of halogens is 1. The lowest BCUT2D eigenvalue weighted by molar-refractivity contribution is -0.135. The summed E-state index contributed by atoms with van der Waals surface area (Å²) in [6, 6.07) is 10.8. The van der Waals surface area contributed by atoms with Crippen molar-refractivity contribution in [2.75, 3.05) is 52.4 Å². The molecule has 3 atom stereocenters. The van der Waals surface area contributed by atoms with Crippen LogP contribution in [0, 0.1) is 5.92 Å². The summed E-state index contributed by atoms with van der Waals surface area (Å²) in [6.45, 7) is 11.5. The maximum Gasteiger partial charge on any atom is 0.239 e. The van der Waals surface area contributed by atoms with Crippen molar-refractivity contribution in [3.05, 3.63) is 35.9 Å². The maximum absolute atomic E-state index is 12.7. The Morgan fingerprint density at radius 3 is 2.39 bits per heavy atom. The molecule has 3 unspecified atom stereocenters. The van der Waals surface area contributed by atoms with Crippen molar-refractivity contribution >= 4 is 35.8 Å². The lowest BCUT2D eigenvalue weighted by Gasteiger charge is -2.39. The van der Waals surface area contributed by atoms with E-state index in [1.54, 1.807) is 0 Å². The average Bonchev–Trinajstić information content (AvgIpc) is 3.36. The highest BCUT2D eigenvalue weighted by Crippen LogP contribution is 2.47. The van der Waals surface area contributed by atoms with Crippen LogP contribution in [0.2, 0.25) is 0 Å². The number of nitrogens with zero attached hydrogens (tertiary/aromatic N) is 4. The van der Waals surface area contributed by atoms with E-state index in [1.165, 1.54) is 12.0 Å². The van der Waals surface area contributed by atoms with Gasteiger partial charge in [0, 0.05) is 52.4 Å². The van der Waals surface area contributed by atoms with Gasteiger partial charge in [-0.2, -0.15) is 0 Å². The number of piperazine rings is 1. The second kappa shape index (κ2) is 11.5. The lowest BCUT2D eigenvalue weighted by Crippen LogP contribution is -2.57. The molecule has 3 aliphatic rings. The zero-order valence-corrected chi connectivity index (χ0v) is 21.3. The molecule has 172 valence electrons. The summed E-state index contributed by atoms with van der Waals surface area (Å²) in [7, 11) is 0. The molecule has 0 spiro atoms. The fraction of sp³-hybridized carbons (Fsp3) is 0.667. The third kappa shape index (κ3) is 6.12. The normalized spacial score (nSPS) is 25.2. The molecule has 2 heterocycles. The highest BCUT2D eigenvalue weighted by molar-refractivity contribution is 14.0. The van der Waals surface area contributed by atoms with E-state index in [9.17, 15) is 4.79 Å². The number of carbonyl (C=O) groups excluding carboxylic acids is 1. The molecule has 1 amide bonds. The van der Waals surface area contributed by atoms with Gasteiger partial charge < -0.3 is 15.1 Å². The van der Waals surface area contributed by atoms with E-state index in [-0.39, 0.29) is 30.0 Å². The number of likely N-dealkylation sites (tertiary alicyclic amines) is 1. The molecule has 31 heavy (non-hydrogen) atoms. The topological polar surface area (TPSA) is 51.2 Å². The highest BCUT2D eigenvalue weighted by atomic mass is 127. The van der Waals surface area contributed by atoms with Crippen LogP contribution >= 0.6 is 24.0 Å². The van der Waals surface area contributed by atoms with Crippen LogP contribution in [0.3, 0.4) is 0 Å². The van der Waals surface area contributed by atoms with Gasteiger partial charge in [-0.1, -0.05) is 30.3 Å². The van der Waals surface area contributed by atoms with Crippen LogP contribution in [0.5, 0.6) is 0 Å². The molecule has 2 saturated heterocycles. The van der Waals surface area contributed by atoms with Gasteiger partial charge in [0.15, 0.2) is 5.96 Å². The van der Waals surface area contributed by atoms with Crippen LogP contribution in [-0.4, -0.2) is 85.0 Å². The number of benzene rings is 1. The van der Waals surface area contributed by atoms with Gasteiger partial charge in [0.25, 0.3) is 0 Å². The summed E-state index contributed by atoms with van der Waals surface area (Å²) in [5.74, 6) is 2.68. The summed E-state index contributed by atoms with van der Waals surface area (Å²) in [6.07, 6.45) is 3.55. The quantitative estimate of drug-likeness (QED) is 0.343. The van der Waals surface area contributed by atoms with E-state index < -0.39 is 0 Å². The van der Waals surface area contributed by atoms with Gasteiger partial charge >= 0.3 is 0 Å². The summed E-state index contributed by atoms with van der Waals surface area (Å²) in [4.78, 5) is 24.5. The Balaban J connectivity index is 0.00000272. The van der Waals surface area contributed by atoms with Gasteiger partial charge in [-0.25, -0.2) is 0 Å². The van der Waals surface area contributed by atoms with Crippen LogP contribution in [0.1, 0.15) is 44.6 Å². The molecule has 6 nitrogen and oxygen atoms in total. The molecule has 1 aliphatic carbocycles. The number of hydrogen-bond donors (Lipinski definition) is 1. The zero-order chi connectivity index (χ0) is 20.9. The molecule has 1 saturated carbocycles. The van der Waals surface area contributed by atoms with Gasteiger partial charge in [0.2, 0.25) is 5.91 Å². The molecule has 2 aliphatic heterocycles. The van der Waals surface area contributed by atoms with Gasteiger partial charge in [-0.3, -0.25) is 14.7 Å². The number of guanidine groups is 1. The average molecular weight is 540 g/mol. The summed E-state index contributed by atoms with van der Waals surface area (Å²) >= 11 is 0. The largest absolute Gasteiger partial charge is 0.357 e. The molecular weight excluding hydrogens is 501 g/mol. The minimum Gasteiger partial charge on any atom is -0.357 e. The number of rotatable bonds is 6. The van der Waals surface area contributed by atoms with E-state index in [4.69, 9.17) is 4.99 Å². The molecule has 1 N–H and O–H groups in total. The number of hydrogen-bond acceptors (Lipinski definition) is 3. The number of aliphatic imine (C=N–C) groups is 1. The first-order valence-electron chi connectivity index (χ1n) is 11.8. The van der Waals surface area contributed by atoms with Crippen molar-refractivity contribution < 1.29 is 4.79 Å². The minimum absolute atomic E-state index is 0. The van der Waals surface area contributed by atoms with Crippen molar-refractivity contribution in [2.24, 2.45) is 10.9 Å². The minimum atomic E-state index is -0.0112. The molecule has 7 heteroatoms. The first kappa shape index (κ1) is 24.3. The molecule has 0 bridgehead atoms. The summed E-state index contributed by atoms with van der Waals surface area (Å²) < 4.78 is 0. The first-order chi connectivity index (χ1) is 14.7. The SMILES string of the molecule is CCNC(=NCC1CC1c1ccccc1)N1CCN(C(C)C(=O)N2CCCC2)CC1.I. The van der Waals surface area contributed by atoms with E-state index in [2.05, 4.69) is 59.3 Å². The van der Waals surface area contributed by atoms with E-state index in [0.717, 1.165) is 71.2 Å². The standard InChI is InChI=1S/C24H37N5O.HI/c1-3-25-24(26-18-21-17-22(21)20-9-5-4-6-10-20)29-15-13-27(14-16-29)19(2)23(30)28-11-7-8-12-28;/h4-6,9-10,19,21-22H,3,7-8,11-18H2,1-2H3,(H,25,26);1H. The Labute approximate surface area is 204 Å². The van der Waals surface area contributed by atoms with E-state index >= 15 is 0 Å². The fourth-order valence-corrected chi connectivity index (χ4v) is 4.87. The summed E-state index contributed by atoms with van der Waals surface area (Å²) in [5.41, 5.74) is 1.45. The Hall–Kier alpha value is -1.35. The third-order valence-electron chi connectivity index (χ3n) is 6.90. The van der Waals surface area contributed by atoms with E-state index in [1.807, 2.05) is 4.90 Å². The van der Waals surface area contributed by atoms with Crippen molar-refractivity contribution in [1.82, 2.24) is 20.0 Å². The first-order valence-corrected chi connectivity index (χ1v) is 11.8. The highest BCUT2D eigenvalue weighted by Gasteiger charge is 2.38. The van der Waals surface area contributed by atoms with Crippen LogP contribution < -0.4 is 5.32 Å². The fourth-order valence-electron chi connectivity index (χ4n) is 4.87. The Morgan fingerprint density at radius 2 is 1.74 bits per heavy atom. The molecule has 1 aromatic rings. The van der Waals surface area contributed by atoms with Gasteiger partial charge in [0.1, 0.15) is 0 Å². The Kier molecular flexibility index (Phi) is 9.01. The number of nitrogens with one attached hydrogen (secondary N) is 1.